The Morgan fingerprint density at radius 3 is 2.75 bits per heavy atom. The lowest BCUT2D eigenvalue weighted by molar-refractivity contribution is 0.0193. The Labute approximate surface area is 119 Å². The molecule has 0 aromatic heterocycles. The molecule has 0 bridgehead atoms. The van der Waals surface area contributed by atoms with Gasteiger partial charge in [0.15, 0.2) is 0 Å². The number of epoxide rings is 1. The molecule has 4 atom stereocenters. The van der Waals surface area contributed by atoms with Crippen LogP contribution in [0.15, 0.2) is 30.3 Å². The van der Waals surface area contributed by atoms with Gasteiger partial charge in [-0.2, -0.15) is 8.42 Å². The Hall–Kier alpha value is -0.950. The molecule has 1 aliphatic carbocycles. The summed E-state index contributed by atoms with van der Waals surface area (Å²) in [5.41, 5.74) is 1.10. The first-order valence-corrected chi connectivity index (χ1v) is 8.50. The van der Waals surface area contributed by atoms with Crippen LogP contribution < -0.4 is 0 Å². The van der Waals surface area contributed by atoms with Gasteiger partial charge in [0.1, 0.15) is 0 Å². The Morgan fingerprint density at radius 1 is 1.30 bits per heavy atom. The van der Waals surface area contributed by atoms with Crippen molar-refractivity contribution in [2.24, 2.45) is 5.92 Å². The summed E-state index contributed by atoms with van der Waals surface area (Å²) in [7, 11) is -3.43. The van der Waals surface area contributed by atoms with E-state index in [1.165, 1.54) is 0 Å². The molecule has 0 radical (unpaired) electrons. The highest BCUT2D eigenvalue weighted by atomic mass is 32.2. The maximum Gasteiger partial charge on any atom is 0.264 e. The maximum atomic E-state index is 11.2. The Balaban J connectivity index is 1.53. The zero-order valence-electron chi connectivity index (χ0n) is 11.3. The molecule has 0 N–H and O–H groups in total. The fourth-order valence-corrected chi connectivity index (χ4v) is 3.43. The average molecular weight is 298 g/mol. The van der Waals surface area contributed by atoms with E-state index in [1.807, 2.05) is 30.3 Å². The Bertz CT molecular complexity index is 556. The molecule has 2 fully saturated rings. The van der Waals surface area contributed by atoms with Crippen LogP contribution in [0.2, 0.25) is 0 Å². The van der Waals surface area contributed by atoms with Crippen LogP contribution >= 0.6 is 0 Å². The molecule has 0 spiro atoms. The standard InChI is InChI=1S/C14H18O5S/c1-20(15,16)19-12-7-13-14(18-13)11(12)9-17-8-10-5-3-2-4-6-10/h2-6,11-14H,7-9H2,1H3/t11-,12+,13-,14+/m0/s1. The zero-order valence-corrected chi connectivity index (χ0v) is 12.1. The van der Waals surface area contributed by atoms with Crippen molar-refractivity contribution in [2.45, 2.75) is 31.3 Å². The molecule has 1 heterocycles. The predicted molar refractivity (Wildman–Crippen MR) is 72.6 cm³/mol. The lowest BCUT2D eigenvalue weighted by atomic mass is 10.1. The molecule has 3 rings (SSSR count). The van der Waals surface area contributed by atoms with Gasteiger partial charge in [-0.1, -0.05) is 30.3 Å². The van der Waals surface area contributed by atoms with Crippen LogP contribution in [0.3, 0.4) is 0 Å². The molecule has 1 saturated heterocycles. The van der Waals surface area contributed by atoms with Crippen molar-refractivity contribution in [2.75, 3.05) is 12.9 Å². The van der Waals surface area contributed by atoms with Gasteiger partial charge in [-0.3, -0.25) is 4.18 Å². The highest BCUT2D eigenvalue weighted by molar-refractivity contribution is 7.86. The molecular formula is C14H18O5S. The summed E-state index contributed by atoms with van der Waals surface area (Å²) in [5, 5.41) is 0. The smallest absolute Gasteiger partial charge is 0.264 e. The molecule has 0 amide bonds. The van der Waals surface area contributed by atoms with Crippen LogP contribution in [0.4, 0.5) is 0 Å². The van der Waals surface area contributed by atoms with Gasteiger partial charge in [0, 0.05) is 12.3 Å². The van der Waals surface area contributed by atoms with Crippen molar-refractivity contribution in [3.8, 4) is 0 Å². The van der Waals surface area contributed by atoms with Crippen molar-refractivity contribution < 1.29 is 22.1 Å². The summed E-state index contributed by atoms with van der Waals surface area (Å²) < 4.78 is 38.8. The van der Waals surface area contributed by atoms with Crippen molar-refractivity contribution >= 4 is 10.1 Å². The zero-order chi connectivity index (χ0) is 14.2. The number of hydrogen-bond donors (Lipinski definition) is 0. The summed E-state index contributed by atoms with van der Waals surface area (Å²) in [5.74, 6) is -0.00145. The van der Waals surface area contributed by atoms with Gasteiger partial charge in [-0.25, -0.2) is 0 Å². The molecule has 1 aromatic rings. The number of ether oxygens (including phenoxy) is 2. The highest BCUT2D eigenvalue weighted by Gasteiger charge is 2.56. The number of rotatable bonds is 6. The maximum absolute atomic E-state index is 11.2. The van der Waals surface area contributed by atoms with E-state index in [-0.39, 0.29) is 24.2 Å². The van der Waals surface area contributed by atoms with Crippen molar-refractivity contribution in [1.82, 2.24) is 0 Å². The van der Waals surface area contributed by atoms with Gasteiger partial charge < -0.3 is 9.47 Å². The predicted octanol–water partition coefficient (Wildman–Crippen LogP) is 1.34. The largest absolute Gasteiger partial charge is 0.376 e. The van der Waals surface area contributed by atoms with E-state index in [0.29, 0.717) is 19.6 Å². The van der Waals surface area contributed by atoms with E-state index in [4.69, 9.17) is 13.7 Å². The number of fused-ring (bicyclic) bond motifs is 1. The molecule has 6 heteroatoms. The van der Waals surface area contributed by atoms with Gasteiger partial charge in [0.2, 0.25) is 0 Å². The second kappa shape index (κ2) is 5.44. The first-order valence-electron chi connectivity index (χ1n) is 6.68. The summed E-state index contributed by atoms with van der Waals surface area (Å²) in [6.07, 6.45) is 1.64. The second-order valence-corrected chi connectivity index (χ2v) is 6.98. The van der Waals surface area contributed by atoms with E-state index in [2.05, 4.69) is 0 Å². The van der Waals surface area contributed by atoms with Crippen LogP contribution in [-0.4, -0.2) is 39.6 Å². The van der Waals surface area contributed by atoms with Gasteiger partial charge in [-0.05, 0) is 5.56 Å². The molecular weight excluding hydrogens is 280 g/mol. The first kappa shape index (κ1) is 14.0. The van der Waals surface area contributed by atoms with Crippen molar-refractivity contribution in [3.63, 3.8) is 0 Å². The number of benzene rings is 1. The van der Waals surface area contributed by atoms with Gasteiger partial charge >= 0.3 is 0 Å². The monoisotopic (exact) mass is 298 g/mol. The van der Waals surface area contributed by atoms with Crippen molar-refractivity contribution in [3.05, 3.63) is 35.9 Å². The summed E-state index contributed by atoms with van der Waals surface area (Å²) in [6, 6.07) is 9.87. The molecule has 110 valence electrons. The van der Waals surface area contributed by atoms with E-state index in [1.54, 1.807) is 0 Å². The summed E-state index contributed by atoms with van der Waals surface area (Å²) in [4.78, 5) is 0. The minimum atomic E-state index is -3.43. The lowest BCUT2D eigenvalue weighted by Gasteiger charge is -2.20. The van der Waals surface area contributed by atoms with Crippen LogP contribution in [0.1, 0.15) is 12.0 Å². The fourth-order valence-electron chi connectivity index (χ4n) is 2.76. The molecule has 20 heavy (non-hydrogen) atoms. The molecule has 2 aliphatic rings. The third kappa shape index (κ3) is 3.38. The quantitative estimate of drug-likeness (QED) is 0.585. The molecule has 5 nitrogen and oxygen atoms in total. The SMILES string of the molecule is CS(=O)(=O)O[C@@H]1C[C@@H]2O[C@@H]2[C@H]1COCc1ccccc1. The first-order chi connectivity index (χ1) is 9.53. The van der Waals surface area contributed by atoms with Crippen LogP contribution in [-0.2, 0) is 30.4 Å². The van der Waals surface area contributed by atoms with E-state index in [0.717, 1.165) is 11.8 Å². The normalized spacial score (nSPS) is 32.0. The van der Waals surface area contributed by atoms with Crippen LogP contribution in [0, 0.1) is 5.92 Å². The Kier molecular flexibility index (Phi) is 3.81. The van der Waals surface area contributed by atoms with E-state index < -0.39 is 10.1 Å². The van der Waals surface area contributed by atoms with Crippen LogP contribution in [0.25, 0.3) is 0 Å². The number of hydrogen-bond acceptors (Lipinski definition) is 5. The lowest BCUT2D eigenvalue weighted by Crippen LogP contribution is -2.29. The molecule has 1 aromatic carbocycles. The highest BCUT2D eigenvalue weighted by Crippen LogP contribution is 2.45. The fraction of sp³-hybridized carbons (Fsp3) is 0.571. The topological polar surface area (TPSA) is 65.1 Å². The third-order valence-corrected chi connectivity index (χ3v) is 4.30. The van der Waals surface area contributed by atoms with E-state index in [9.17, 15) is 8.42 Å². The van der Waals surface area contributed by atoms with E-state index >= 15 is 0 Å². The average Bonchev–Trinajstić information content (AvgIpc) is 3.06. The van der Waals surface area contributed by atoms with Crippen molar-refractivity contribution in [1.29, 1.82) is 0 Å². The van der Waals surface area contributed by atoms with Gasteiger partial charge in [0.05, 0.1) is 37.8 Å². The second-order valence-electron chi connectivity index (χ2n) is 5.38. The third-order valence-electron chi connectivity index (χ3n) is 3.71. The van der Waals surface area contributed by atoms with Gasteiger partial charge in [-0.15, -0.1) is 0 Å². The minimum absolute atomic E-state index is 0.00145. The Morgan fingerprint density at radius 2 is 2.05 bits per heavy atom. The summed E-state index contributed by atoms with van der Waals surface area (Å²) >= 11 is 0. The van der Waals surface area contributed by atoms with Gasteiger partial charge in [0.25, 0.3) is 10.1 Å². The molecule has 1 saturated carbocycles. The van der Waals surface area contributed by atoms with Crippen LogP contribution in [0.5, 0.6) is 0 Å². The molecule has 1 aliphatic heterocycles. The summed E-state index contributed by atoms with van der Waals surface area (Å²) in [6.45, 7) is 0.969. The minimum Gasteiger partial charge on any atom is -0.376 e. The molecule has 0 unspecified atom stereocenters.